The quantitative estimate of drug-likeness (QED) is 0.619. The van der Waals surface area contributed by atoms with Gasteiger partial charge in [0.25, 0.3) is 5.91 Å². The number of rotatable bonds is 8. The molecule has 0 radical (unpaired) electrons. The summed E-state index contributed by atoms with van der Waals surface area (Å²) in [5.41, 5.74) is 1.76. The van der Waals surface area contributed by atoms with Crippen LogP contribution in [0.1, 0.15) is 60.9 Å². The van der Waals surface area contributed by atoms with Crippen LogP contribution in [0.2, 0.25) is 0 Å². The average Bonchev–Trinajstić information content (AvgIpc) is 3.36. The lowest BCUT2D eigenvalue weighted by atomic mass is 9.85. The summed E-state index contributed by atoms with van der Waals surface area (Å²) in [6, 6.07) is 10.2. The van der Waals surface area contributed by atoms with Crippen molar-refractivity contribution in [2.75, 3.05) is 20.2 Å². The molecular formula is C26H36N4O3. The molecule has 2 fully saturated rings. The molecule has 1 N–H and O–H groups in total. The number of aromatic nitrogens is 2. The van der Waals surface area contributed by atoms with Crippen LogP contribution in [0.25, 0.3) is 0 Å². The topological polar surface area (TPSA) is 76.5 Å². The van der Waals surface area contributed by atoms with Gasteiger partial charge in [-0.1, -0.05) is 30.3 Å². The van der Waals surface area contributed by atoms with Crippen LogP contribution < -0.4 is 5.32 Å². The molecule has 1 amide bonds. The van der Waals surface area contributed by atoms with E-state index in [-0.39, 0.29) is 23.8 Å². The van der Waals surface area contributed by atoms with E-state index in [4.69, 9.17) is 4.74 Å². The number of amides is 1. The second-order valence-electron chi connectivity index (χ2n) is 9.42. The fourth-order valence-electron chi connectivity index (χ4n) is 5.18. The van der Waals surface area contributed by atoms with E-state index in [2.05, 4.69) is 22.5 Å². The van der Waals surface area contributed by atoms with Gasteiger partial charge >= 0.3 is 5.97 Å². The zero-order chi connectivity index (χ0) is 23.0. The third kappa shape index (κ3) is 6.22. The van der Waals surface area contributed by atoms with Gasteiger partial charge in [-0.2, -0.15) is 5.10 Å². The molecule has 1 saturated heterocycles. The molecule has 1 saturated carbocycles. The van der Waals surface area contributed by atoms with Crippen LogP contribution in [0.5, 0.6) is 0 Å². The van der Waals surface area contributed by atoms with Gasteiger partial charge in [-0.3, -0.25) is 14.3 Å². The molecule has 2 heterocycles. The Balaban J connectivity index is 1.43. The van der Waals surface area contributed by atoms with E-state index in [1.807, 2.05) is 34.0 Å². The van der Waals surface area contributed by atoms with E-state index in [9.17, 15) is 9.59 Å². The predicted molar refractivity (Wildman–Crippen MR) is 127 cm³/mol. The van der Waals surface area contributed by atoms with Crippen LogP contribution in [0, 0.1) is 11.8 Å². The SMILES string of the molecule is COC(=O)C1CCC(N(Cc2ccccc2)C(=O)c2cnn(CCC3CCNCC3)c2)CC1. The highest BCUT2D eigenvalue weighted by molar-refractivity contribution is 5.94. The number of piperidine rings is 1. The Labute approximate surface area is 196 Å². The molecule has 2 aliphatic rings. The summed E-state index contributed by atoms with van der Waals surface area (Å²) in [5.74, 6) is 0.560. The number of hydrogen-bond donors (Lipinski definition) is 1. The molecule has 2 aromatic rings. The van der Waals surface area contributed by atoms with Gasteiger partial charge in [0.05, 0.1) is 24.8 Å². The van der Waals surface area contributed by atoms with Crippen LogP contribution in [0.15, 0.2) is 42.7 Å². The zero-order valence-corrected chi connectivity index (χ0v) is 19.6. The molecule has 7 nitrogen and oxygen atoms in total. The van der Waals surface area contributed by atoms with Crippen molar-refractivity contribution in [1.82, 2.24) is 20.0 Å². The van der Waals surface area contributed by atoms with Crippen LogP contribution in [0.4, 0.5) is 0 Å². The largest absolute Gasteiger partial charge is 0.469 e. The Bertz CT molecular complexity index is 899. The monoisotopic (exact) mass is 452 g/mol. The first kappa shape index (κ1) is 23.5. The summed E-state index contributed by atoms with van der Waals surface area (Å²) in [6.07, 6.45) is 10.3. The molecule has 1 aliphatic heterocycles. The van der Waals surface area contributed by atoms with Gasteiger partial charge in [-0.05, 0) is 69.5 Å². The normalized spacial score (nSPS) is 21.5. The van der Waals surface area contributed by atoms with E-state index in [0.717, 1.165) is 63.2 Å². The second-order valence-corrected chi connectivity index (χ2v) is 9.42. The molecule has 33 heavy (non-hydrogen) atoms. The summed E-state index contributed by atoms with van der Waals surface area (Å²) in [5, 5.41) is 7.90. The van der Waals surface area contributed by atoms with Crippen molar-refractivity contribution >= 4 is 11.9 Å². The fraction of sp³-hybridized carbons (Fsp3) is 0.577. The van der Waals surface area contributed by atoms with Crippen LogP contribution in [-0.2, 0) is 22.6 Å². The number of esters is 1. The number of aryl methyl sites for hydroxylation is 1. The van der Waals surface area contributed by atoms with Crippen molar-refractivity contribution in [3.63, 3.8) is 0 Å². The molecule has 0 spiro atoms. The summed E-state index contributed by atoms with van der Waals surface area (Å²) < 4.78 is 6.85. The summed E-state index contributed by atoms with van der Waals surface area (Å²) in [6.45, 7) is 3.61. The molecule has 0 bridgehead atoms. The van der Waals surface area contributed by atoms with E-state index in [0.29, 0.717) is 12.1 Å². The van der Waals surface area contributed by atoms with Gasteiger partial charge in [0.1, 0.15) is 0 Å². The molecule has 0 unspecified atom stereocenters. The second kappa shape index (κ2) is 11.5. The number of carbonyl (C=O) groups is 2. The Kier molecular flexibility index (Phi) is 8.15. The van der Waals surface area contributed by atoms with Gasteiger partial charge in [0.2, 0.25) is 0 Å². The maximum absolute atomic E-state index is 13.6. The maximum Gasteiger partial charge on any atom is 0.308 e. The summed E-state index contributed by atoms with van der Waals surface area (Å²) >= 11 is 0. The van der Waals surface area contributed by atoms with Gasteiger partial charge in [0.15, 0.2) is 0 Å². The number of carbonyl (C=O) groups excluding carboxylic acids is 2. The van der Waals surface area contributed by atoms with Gasteiger partial charge in [0, 0.05) is 25.3 Å². The van der Waals surface area contributed by atoms with Crippen LogP contribution in [0.3, 0.4) is 0 Å². The van der Waals surface area contributed by atoms with Crippen LogP contribution in [-0.4, -0.2) is 52.8 Å². The van der Waals surface area contributed by atoms with Crippen molar-refractivity contribution in [1.29, 1.82) is 0 Å². The van der Waals surface area contributed by atoms with Crippen molar-refractivity contribution in [3.05, 3.63) is 53.9 Å². The standard InChI is InChI=1S/C26H36N4O3/c1-33-26(32)22-7-9-24(10-8-22)30(18-21-5-3-2-4-6-21)25(31)23-17-28-29(19-23)16-13-20-11-14-27-15-12-20/h2-6,17,19-20,22,24,27H,7-16,18H2,1H3. The lowest BCUT2D eigenvalue weighted by molar-refractivity contribution is -0.146. The van der Waals surface area contributed by atoms with E-state index in [1.54, 1.807) is 6.20 Å². The highest BCUT2D eigenvalue weighted by atomic mass is 16.5. The highest BCUT2D eigenvalue weighted by Crippen LogP contribution is 2.30. The third-order valence-corrected chi connectivity index (χ3v) is 7.23. The van der Waals surface area contributed by atoms with Crippen molar-refractivity contribution in [2.45, 2.75) is 64.1 Å². The minimum Gasteiger partial charge on any atom is -0.469 e. The maximum atomic E-state index is 13.6. The van der Waals surface area contributed by atoms with Gasteiger partial charge in [-0.15, -0.1) is 0 Å². The predicted octanol–water partition coefficient (Wildman–Crippen LogP) is 3.65. The Morgan fingerprint density at radius 3 is 2.52 bits per heavy atom. The minimum absolute atomic E-state index is 0.0217. The first-order valence-electron chi connectivity index (χ1n) is 12.3. The molecule has 7 heteroatoms. The Morgan fingerprint density at radius 2 is 1.82 bits per heavy atom. The average molecular weight is 453 g/mol. The highest BCUT2D eigenvalue weighted by Gasteiger charge is 2.33. The molecular weight excluding hydrogens is 416 g/mol. The minimum atomic E-state index is -0.135. The zero-order valence-electron chi connectivity index (χ0n) is 19.6. The lowest BCUT2D eigenvalue weighted by Gasteiger charge is -2.36. The number of nitrogens with zero attached hydrogens (tertiary/aromatic N) is 3. The fourth-order valence-corrected chi connectivity index (χ4v) is 5.18. The van der Waals surface area contributed by atoms with E-state index >= 15 is 0 Å². The van der Waals surface area contributed by atoms with Crippen molar-refractivity contribution < 1.29 is 14.3 Å². The first-order valence-corrected chi connectivity index (χ1v) is 12.3. The first-order chi connectivity index (χ1) is 16.1. The van der Waals surface area contributed by atoms with Gasteiger partial charge in [-0.25, -0.2) is 0 Å². The molecule has 4 rings (SSSR count). The summed E-state index contributed by atoms with van der Waals surface area (Å²) in [4.78, 5) is 27.5. The number of nitrogens with one attached hydrogen (secondary N) is 1. The number of methoxy groups -OCH3 is 1. The molecule has 1 aromatic carbocycles. The Morgan fingerprint density at radius 1 is 1.09 bits per heavy atom. The molecule has 1 aliphatic carbocycles. The lowest BCUT2D eigenvalue weighted by Crippen LogP contribution is -2.42. The smallest absolute Gasteiger partial charge is 0.308 e. The Hall–Kier alpha value is -2.67. The van der Waals surface area contributed by atoms with Crippen molar-refractivity contribution in [3.8, 4) is 0 Å². The van der Waals surface area contributed by atoms with E-state index in [1.165, 1.54) is 20.0 Å². The van der Waals surface area contributed by atoms with Crippen molar-refractivity contribution in [2.24, 2.45) is 11.8 Å². The molecule has 178 valence electrons. The summed E-state index contributed by atoms with van der Waals surface area (Å²) in [7, 11) is 1.45. The number of ether oxygens (including phenoxy) is 1. The molecule has 0 atom stereocenters. The number of benzene rings is 1. The van der Waals surface area contributed by atoms with E-state index < -0.39 is 0 Å². The number of hydrogen-bond acceptors (Lipinski definition) is 5. The third-order valence-electron chi connectivity index (χ3n) is 7.23. The van der Waals surface area contributed by atoms with Gasteiger partial charge < -0.3 is 15.0 Å². The molecule has 1 aromatic heterocycles. The van der Waals surface area contributed by atoms with Crippen LogP contribution >= 0.6 is 0 Å².